The van der Waals surface area contributed by atoms with Crippen molar-refractivity contribution in [2.45, 2.75) is 25.9 Å². The van der Waals surface area contributed by atoms with Gasteiger partial charge in [0.25, 0.3) is 0 Å². The van der Waals surface area contributed by atoms with Crippen molar-refractivity contribution in [1.29, 1.82) is 0 Å². The van der Waals surface area contributed by atoms with Gasteiger partial charge in [0.2, 0.25) is 17.6 Å². The summed E-state index contributed by atoms with van der Waals surface area (Å²) in [4.78, 5) is 22.5. The van der Waals surface area contributed by atoms with Gasteiger partial charge in [0.15, 0.2) is 0 Å². The zero-order valence-electron chi connectivity index (χ0n) is 13.5. The summed E-state index contributed by atoms with van der Waals surface area (Å²) in [5.41, 5.74) is 0.817. The van der Waals surface area contributed by atoms with E-state index in [0.717, 1.165) is 5.56 Å². The Kier molecular flexibility index (Phi) is 4.64. The third-order valence-corrected chi connectivity index (χ3v) is 3.67. The van der Waals surface area contributed by atoms with Crippen LogP contribution in [0.4, 0.5) is 0 Å². The van der Waals surface area contributed by atoms with Gasteiger partial charge in [0.05, 0.1) is 6.54 Å². The van der Waals surface area contributed by atoms with Crippen molar-refractivity contribution in [1.82, 2.24) is 29.8 Å². The lowest BCUT2D eigenvalue weighted by molar-refractivity contribution is -0.134. The molecule has 3 aromatic rings. The number of nitrogens with zero attached hydrogens (tertiary/aromatic N) is 6. The molecule has 8 heteroatoms. The molecule has 0 N–H and O–H groups in total. The minimum Gasteiger partial charge on any atom is -0.337 e. The third-order valence-electron chi connectivity index (χ3n) is 3.67. The maximum Gasteiger partial charge on any atom is 0.247 e. The number of hydrogen-bond acceptors (Lipinski definition) is 6. The zero-order chi connectivity index (χ0) is 16.9. The van der Waals surface area contributed by atoms with Gasteiger partial charge in [-0.25, -0.2) is 0 Å². The SMILES string of the molecule is CC[C@@H](C(=O)N(C)Cc1nc(-c2ccncc2)no1)n1cccn1. The number of likely N-dealkylation sites (N-methyl/N-ethyl adjacent to an activating group) is 1. The molecule has 24 heavy (non-hydrogen) atoms. The van der Waals surface area contributed by atoms with E-state index in [-0.39, 0.29) is 18.5 Å². The van der Waals surface area contributed by atoms with Gasteiger partial charge in [-0.2, -0.15) is 10.1 Å². The van der Waals surface area contributed by atoms with E-state index in [0.29, 0.717) is 18.1 Å². The van der Waals surface area contributed by atoms with Crippen LogP contribution in [0.15, 0.2) is 47.5 Å². The van der Waals surface area contributed by atoms with Crippen molar-refractivity contribution in [2.24, 2.45) is 0 Å². The largest absolute Gasteiger partial charge is 0.337 e. The highest BCUT2D eigenvalue weighted by Gasteiger charge is 2.24. The summed E-state index contributed by atoms with van der Waals surface area (Å²) < 4.78 is 6.91. The second kappa shape index (κ2) is 7.03. The van der Waals surface area contributed by atoms with Crippen LogP contribution >= 0.6 is 0 Å². The quantitative estimate of drug-likeness (QED) is 0.687. The van der Waals surface area contributed by atoms with Crippen LogP contribution in [0.3, 0.4) is 0 Å². The molecule has 1 atom stereocenters. The Hall–Kier alpha value is -3.03. The molecule has 0 bridgehead atoms. The Morgan fingerprint density at radius 3 is 2.79 bits per heavy atom. The molecule has 0 aliphatic heterocycles. The van der Waals surface area contributed by atoms with Crippen LogP contribution < -0.4 is 0 Å². The minimum atomic E-state index is -0.340. The molecule has 0 aliphatic carbocycles. The van der Waals surface area contributed by atoms with Crippen molar-refractivity contribution in [2.75, 3.05) is 7.05 Å². The van der Waals surface area contributed by atoms with E-state index in [4.69, 9.17) is 4.52 Å². The minimum absolute atomic E-state index is 0.0511. The number of pyridine rings is 1. The lowest BCUT2D eigenvalue weighted by Crippen LogP contribution is -2.34. The molecule has 3 rings (SSSR count). The van der Waals surface area contributed by atoms with Gasteiger partial charge in [-0.3, -0.25) is 14.5 Å². The highest BCUT2D eigenvalue weighted by Crippen LogP contribution is 2.17. The molecule has 0 fully saturated rings. The van der Waals surface area contributed by atoms with Crippen LogP contribution in [0.25, 0.3) is 11.4 Å². The van der Waals surface area contributed by atoms with Gasteiger partial charge in [-0.05, 0) is 24.6 Å². The summed E-state index contributed by atoms with van der Waals surface area (Å²) in [6, 6.07) is 5.06. The van der Waals surface area contributed by atoms with Gasteiger partial charge >= 0.3 is 0 Å². The first-order valence-corrected chi connectivity index (χ1v) is 7.66. The summed E-state index contributed by atoms with van der Waals surface area (Å²) in [6.07, 6.45) is 7.42. The van der Waals surface area contributed by atoms with Crippen molar-refractivity contribution in [3.8, 4) is 11.4 Å². The Labute approximate surface area is 139 Å². The fourth-order valence-electron chi connectivity index (χ4n) is 2.41. The molecular weight excluding hydrogens is 308 g/mol. The second-order valence-electron chi connectivity index (χ2n) is 5.35. The molecule has 8 nitrogen and oxygen atoms in total. The number of carbonyl (C=O) groups is 1. The van der Waals surface area contributed by atoms with Crippen molar-refractivity contribution < 1.29 is 9.32 Å². The zero-order valence-corrected chi connectivity index (χ0v) is 13.5. The standard InChI is InChI=1S/C16H18N6O2/c1-3-13(22-10-4-7-18-22)16(23)21(2)11-14-19-15(20-24-14)12-5-8-17-9-6-12/h4-10,13H,3,11H2,1-2H3/t13-/m0/s1. The molecule has 0 radical (unpaired) electrons. The van der Waals surface area contributed by atoms with Crippen LogP contribution in [0.5, 0.6) is 0 Å². The van der Waals surface area contributed by atoms with Gasteiger partial charge in [-0.15, -0.1) is 0 Å². The summed E-state index contributed by atoms with van der Waals surface area (Å²) in [5, 5.41) is 8.10. The summed E-state index contributed by atoms with van der Waals surface area (Å²) >= 11 is 0. The molecular formula is C16H18N6O2. The van der Waals surface area contributed by atoms with Crippen molar-refractivity contribution >= 4 is 5.91 Å². The molecule has 3 heterocycles. The van der Waals surface area contributed by atoms with Gasteiger partial charge < -0.3 is 9.42 Å². The van der Waals surface area contributed by atoms with Gasteiger partial charge in [0, 0.05) is 37.4 Å². The Bertz CT molecular complexity index is 784. The molecule has 0 saturated carbocycles. The molecule has 124 valence electrons. The molecule has 0 aromatic carbocycles. The first-order valence-electron chi connectivity index (χ1n) is 7.66. The molecule has 3 aromatic heterocycles. The van der Waals surface area contributed by atoms with E-state index in [1.165, 1.54) is 0 Å². The van der Waals surface area contributed by atoms with E-state index < -0.39 is 0 Å². The third kappa shape index (κ3) is 3.32. The highest BCUT2D eigenvalue weighted by molar-refractivity contribution is 5.79. The van der Waals surface area contributed by atoms with Crippen molar-refractivity contribution in [3.63, 3.8) is 0 Å². The van der Waals surface area contributed by atoms with Gasteiger partial charge in [-0.1, -0.05) is 12.1 Å². The molecule has 0 aliphatic rings. The molecule has 0 saturated heterocycles. The fraction of sp³-hybridized carbons (Fsp3) is 0.312. The van der Waals surface area contributed by atoms with E-state index >= 15 is 0 Å². The maximum absolute atomic E-state index is 12.6. The van der Waals surface area contributed by atoms with Crippen molar-refractivity contribution in [3.05, 3.63) is 48.9 Å². The Balaban J connectivity index is 1.69. The smallest absolute Gasteiger partial charge is 0.247 e. The van der Waals surface area contributed by atoms with Crippen LogP contribution in [0, 0.1) is 0 Å². The second-order valence-corrected chi connectivity index (χ2v) is 5.35. The van der Waals surface area contributed by atoms with Crippen LogP contribution in [-0.2, 0) is 11.3 Å². The van der Waals surface area contributed by atoms with Gasteiger partial charge in [0.1, 0.15) is 6.04 Å². The predicted molar refractivity (Wildman–Crippen MR) is 85.6 cm³/mol. The van der Waals surface area contributed by atoms with E-state index in [1.54, 1.807) is 59.6 Å². The van der Waals surface area contributed by atoms with Crippen LogP contribution in [-0.4, -0.2) is 42.8 Å². The monoisotopic (exact) mass is 326 g/mol. The average molecular weight is 326 g/mol. The van der Waals surface area contributed by atoms with Crippen LogP contribution in [0.1, 0.15) is 25.3 Å². The summed E-state index contributed by atoms with van der Waals surface area (Å²) in [5.74, 6) is 0.810. The lowest BCUT2D eigenvalue weighted by atomic mass is 10.2. The average Bonchev–Trinajstić information content (AvgIpc) is 3.28. The molecule has 0 spiro atoms. The highest BCUT2D eigenvalue weighted by atomic mass is 16.5. The Morgan fingerprint density at radius 2 is 2.12 bits per heavy atom. The number of aromatic nitrogens is 5. The predicted octanol–water partition coefficient (Wildman–Crippen LogP) is 1.94. The summed E-state index contributed by atoms with van der Waals surface area (Å²) in [7, 11) is 1.71. The van der Waals surface area contributed by atoms with E-state index in [1.807, 2.05) is 6.92 Å². The fourth-order valence-corrected chi connectivity index (χ4v) is 2.41. The first-order chi connectivity index (χ1) is 11.7. The maximum atomic E-state index is 12.6. The van der Waals surface area contributed by atoms with Crippen LogP contribution in [0.2, 0.25) is 0 Å². The lowest BCUT2D eigenvalue weighted by Gasteiger charge is -2.21. The molecule has 0 unspecified atom stereocenters. The number of rotatable bonds is 6. The number of carbonyl (C=O) groups excluding carboxylic acids is 1. The van der Waals surface area contributed by atoms with E-state index in [9.17, 15) is 4.79 Å². The summed E-state index contributed by atoms with van der Waals surface area (Å²) in [6.45, 7) is 2.20. The normalized spacial score (nSPS) is 12.1. The topological polar surface area (TPSA) is 89.9 Å². The Morgan fingerprint density at radius 1 is 1.33 bits per heavy atom. The number of hydrogen-bond donors (Lipinski definition) is 0. The number of amides is 1. The molecule has 1 amide bonds. The first kappa shape index (κ1) is 15.9. The van der Waals surface area contributed by atoms with E-state index in [2.05, 4.69) is 20.2 Å².